The van der Waals surface area contributed by atoms with Gasteiger partial charge in [-0.05, 0) is 72.8 Å². The third-order valence-electron chi connectivity index (χ3n) is 20.3. The summed E-state index contributed by atoms with van der Waals surface area (Å²) in [4.78, 5) is 136. The van der Waals surface area contributed by atoms with Crippen LogP contribution in [0.3, 0.4) is 0 Å². The summed E-state index contributed by atoms with van der Waals surface area (Å²) in [6.45, 7) is -3.14. The van der Waals surface area contributed by atoms with Crippen molar-refractivity contribution in [1.82, 2.24) is 0 Å². The van der Waals surface area contributed by atoms with E-state index < -0.39 is 379 Å². The molecule has 0 radical (unpaired) electrons. The summed E-state index contributed by atoms with van der Waals surface area (Å²) in [7, 11) is 0. The number of fused-ring (bicyclic) bond motifs is 7. The molecule has 9 aromatic rings. The van der Waals surface area contributed by atoms with Gasteiger partial charge in [-0.1, -0.05) is 0 Å². The van der Waals surface area contributed by atoms with E-state index in [1.165, 1.54) is 0 Å². The Morgan fingerprint density at radius 1 is 0.328 bits per heavy atom. The third kappa shape index (κ3) is 14.0. The molecule has 2 bridgehead atoms. The van der Waals surface area contributed by atoms with Gasteiger partial charge in [0.1, 0.15) is 25.4 Å². The van der Waals surface area contributed by atoms with Gasteiger partial charge in [0.25, 0.3) is 0 Å². The first-order valence-corrected chi connectivity index (χ1v) is 34.6. The zero-order valence-electron chi connectivity index (χ0n) is 60.5. The minimum Gasteiger partial charge on any atom is -0.504 e. The molecule has 0 aromatic heterocycles. The Kier molecular flexibility index (Phi) is 20.9. The number of cyclic esters (lactones) is 1. The molecule has 9 aromatic carbocycles. The molecule has 636 valence electrons. The third-order valence-corrected chi connectivity index (χ3v) is 20.3. The van der Waals surface area contributed by atoms with E-state index in [9.17, 15) is 167 Å². The Morgan fingerprint density at radius 3 is 1.14 bits per heavy atom. The average molecular weight is 1700 g/mol. The van der Waals surface area contributed by atoms with E-state index in [0.717, 1.165) is 0 Å². The molecule has 0 unspecified atom stereocenters. The summed E-state index contributed by atoms with van der Waals surface area (Å²) in [6, 6.07) is 4.32. The van der Waals surface area contributed by atoms with Gasteiger partial charge in [-0.3, -0.25) is 9.59 Å². The quantitative estimate of drug-likeness (QED) is 0.0443. The lowest BCUT2D eigenvalue weighted by Gasteiger charge is -2.44. The topological polar surface area (TPSA) is 794 Å². The maximum Gasteiger partial charge on any atom is 0.340 e. The van der Waals surface area contributed by atoms with Gasteiger partial charge in [0.2, 0.25) is 41.1 Å². The molecule has 4 aliphatic rings. The zero-order valence-corrected chi connectivity index (χ0v) is 60.5. The molecule has 13 rings (SSSR count). The smallest absolute Gasteiger partial charge is 0.340 e. The lowest BCUT2D eigenvalue weighted by molar-refractivity contribution is -0.282. The number of benzene rings is 9. The zero-order chi connectivity index (χ0) is 89.2. The number of hydrogen-bond donors (Lipinski definition) is 28. The van der Waals surface area contributed by atoms with Crippen molar-refractivity contribution in [3.8, 4) is 177 Å². The van der Waals surface area contributed by atoms with Gasteiger partial charge in [0, 0.05) is 69.2 Å². The number of carbonyl (C=O) groups is 9. The molecule has 45 heteroatoms. The highest BCUT2D eigenvalue weighted by Crippen LogP contribution is 2.63. The van der Waals surface area contributed by atoms with Gasteiger partial charge in [0.05, 0.1) is 51.0 Å². The van der Waals surface area contributed by atoms with Crippen molar-refractivity contribution in [2.24, 2.45) is 11.8 Å². The summed E-state index contributed by atoms with van der Waals surface area (Å²) in [5.74, 6) is -65.3. The van der Waals surface area contributed by atoms with Crippen LogP contribution in [0.15, 0.2) is 72.8 Å². The number of phenolic OH excluding ortho intramolecular Hbond substituents is 27. The van der Waals surface area contributed by atoms with Gasteiger partial charge >= 0.3 is 41.8 Å². The summed E-state index contributed by atoms with van der Waals surface area (Å²) in [5, 5.41) is 312. The lowest BCUT2D eigenvalue weighted by Crippen LogP contribution is -2.63. The Bertz CT molecular complexity index is 5990. The second kappa shape index (κ2) is 30.6. The van der Waals surface area contributed by atoms with E-state index in [4.69, 9.17) is 37.9 Å². The van der Waals surface area contributed by atoms with Crippen molar-refractivity contribution in [1.29, 1.82) is 0 Å². The summed E-state index contributed by atoms with van der Waals surface area (Å²) < 4.78 is 46.2. The lowest BCUT2D eigenvalue weighted by atomic mass is 9.66. The van der Waals surface area contributed by atoms with E-state index in [1.807, 2.05) is 0 Å². The molecule has 4 aliphatic heterocycles. The van der Waals surface area contributed by atoms with Crippen LogP contribution >= 0.6 is 0 Å². The molecule has 0 amide bonds. The van der Waals surface area contributed by atoms with E-state index in [0.29, 0.717) is 66.7 Å². The van der Waals surface area contributed by atoms with E-state index in [2.05, 4.69) is 0 Å². The normalized spacial score (nSPS) is 19.8. The second-order valence-electron chi connectivity index (χ2n) is 27.5. The molecule has 122 heavy (non-hydrogen) atoms. The van der Waals surface area contributed by atoms with Gasteiger partial charge in [0.15, 0.2) is 150 Å². The summed E-state index contributed by atoms with van der Waals surface area (Å²) in [6.07, 6.45) is -23.7. The van der Waals surface area contributed by atoms with E-state index in [-0.39, 0.29) is 6.07 Å². The number of hydrogen-bond acceptors (Lipinski definition) is 45. The highest BCUT2D eigenvalue weighted by atomic mass is 16.7. The van der Waals surface area contributed by atoms with Crippen molar-refractivity contribution in [2.45, 2.75) is 61.7 Å². The molecule has 0 spiro atoms. The van der Waals surface area contributed by atoms with Crippen molar-refractivity contribution < 1.29 is 224 Å². The summed E-state index contributed by atoms with van der Waals surface area (Å²) in [5.41, 5.74) is -18.9. The molecule has 28 N–H and O–H groups in total. The van der Waals surface area contributed by atoms with E-state index in [1.54, 1.807) is 0 Å². The first-order valence-electron chi connectivity index (χ1n) is 34.6. The fourth-order valence-corrected chi connectivity index (χ4v) is 14.5. The first kappa shape index (κ1) is 83.1. The minimum atomic E-state index is -3.22. The molecular formula is C77H58O45. The number of ketones is 2. The SMILES string of the molecule is O=C(OC[C@H]1O[C@@H](OC(=O)c2cc(O)c(O)c(O)c2)[C@H](OC(=O)c2cc(O)c(O)c(O)c2[C@H]2c3c(O)c(O)c(O)c4c3C(=O)O[C@H]2[C@H]([C@H]2CC(=O)c3cc(O)c(O)c(O)c3-c3c(cc(O)c(O)c3O)C(=O)OC[C@@H]2O)CC(=O)c2cc(O)c(O)c(O)c2-4)[C@@H](OC(=O)c2cc(O)c(O)c(O)c2)[C@@H]1OC(=O)c1cc(O)c(O)c(O)c1)c1cc(O)c(O)c(O)c1. The largest absolute Gasteiger partial charge is 0.504 e. The molecule has 1 saturated heterocycles. The Hall–Kier alpha value is -16.9. The van der Waals surface area contributed by atoms with Crippen LogP contribution in [0, 0.1) is 11.8 Å². The Morgan fingerprint density at radius 2 is 0.680 bits per heavy atom. The van der Waals surface area contributed by atoms with Crippen LogP contribution in [0.1, 0.15) is 123 Å². The van der Waals surface area contributed by atoms with Crippen LogP contribution in [-0.2, 0) is 37.9 Å². The monoisotopic (exact) mass is 1700 g/mol. The number of carbonyl (C=O) groups excluding carboxylic acids is 9. The number of aliphatic hydroxyl groups excluding tert-OH is 1. The van der Waals surface area contributed by atoms with Gasteiger partial charge in [-0.25, -0.2) is 33.6 Å². The molecule has 10 atom stereocenters. The van der Waals surface area contributed by atoms with Crippen molar-refractivity contribution in [3.63, 3.8) is 0 Å². The molecule has 4 heterocycles. The number of phenols is 27. The Balaban J connectivity index is 1.07. The number of aliphatic hydroxyl groups is 1. The number of aromatic hydroxyl groups is 27. The number of esters is 7. The first-order chi connectivity index (χ1) is 57.3. The van der Waals surface area contributed by atoms with Crippen LogP contribution in [0.2, 0.25) is 0 Å². The van der Waals surface area contributed by atoms with Crippen LogP contribution < -0.4 is 0 Å². The van der Waals surface area contributed by atoms with Crippen molar-refractivity contribution in [2.75, 3.05) is 13.2 Å². The van der Waals surface area contributed by atoms with E-state index >= 15 is 19.2 Å². The fourth-order valence-electron chi connectivity index (χ4n) is 14.5. The van der Waals surface area contributed by atoms with Crippen LogP contribution in [0.5, 0.6) is 155 Å². The number of rotatable bonds is 13. The minimum absolute atomic E-state index is 0.0724. The van der Waals surface area contributed by atoms with Crippen molar-refractivity contribution >= 4 is 53.4 Å². The molecule has 1 fully saturated rings. The van der Waals surface area contributed by atoms with Gasteiger partial charge in [-0.2, -0.15) is 0 Å². The van der Waals surface area contributed by atoms with Gasteiger partial charge in [-0.15, -0.1) is 0 Å². The Labute approximate surface area is 673 Å². The number of Topliss-reactive ketones (excluding diaryl/α,β-unsaturated/α-hetero) is 2. The second-order valence-corrected chi connectivity index (χ2v) is 27.5. The van der Waals surface area contributed by atoms with Crippen LogP contribution in [0.25, 0.3) is 22.3 Å². The van der Waals surface area contributed by atoms with Crippen LogP contribution in [-0.4, -0.2) is 252 Å². The van der Waals surface area contributed by atoms with Gasteiger partial charge < -0.3 is 181 Å². The maximum atomic E-state index is 16.4. The average Bonchev–Trinajstić information content (AvgIpc) is 0.730. The number of ether oxygens (including phenoxy) is 8. The fraction of sp³-hybridized carbons (Fsp3) is 0.182. The van der Waals surface area contributed by atoms with Crippen LogP contribution in [0.4, 0.5) is 0 Å². The molecule has 0 saturated carbocycles. The predicted molar refractivity (Wildman–Crippen MR) is 385 cm³/mol. The predicted octanol–water partition coefficient (Wildman–Crippen LogP) is 3.78. The molecule has 0 aliphatic carbocycles. The molecular weight excluding hydrogens is 1640 g/mol. The summed E-state index contributed by atoms with van der Waals surface area (Å²) >= 11 is 0. The highest BCUT2D eigenvalue weighted by molar-refractivity contribution is 6.14. The standard InChI is InChI=1S/C77H58O45/c78-27-9-21(41(92)15-115-74(112)25-13-39(90)57(99)61(103)45(25)43-23(27)11-37(88)55(97)59(43)101)22-10-28(79)24-12-38(89)56(98)60(102)44(24)47-50-48(64(106)65(107)63(47)105)49(66(22)118-76(50)114)46-26(14-40(91)58(100)62(46)104)75(113)121-69-68(120-72(110)19-5-33(84)53(95)34(85)6-19)67(119-71(109)18-3-31(82)52(94)32(83)4-18)42(16-116-70(108)17-1-29(80)51(93)30(81)2-17)117-77(69)122-73(111)20-7-35(86)54(96)36(87)8-20/h1-8,11-14,21-22,41-42,49,66-69,77,80-107H,9-10,15-16H2/t21-,22+,41+,42-,49+,66+,67-,68+,69-,77+/m1/s1. The maximum absolute atomic E-state index is 16.4. The highest BCUT2D eigenvalue weighted by Gasteiger charge is 2.58. The van der Waals surface area contributed by atoms with Crippen molar-refractivity contribution in [3.05, 3.63) is 134 Å². The molecule has 45 nitrogen and oxygen atoms in total.